The Morgan fingerprint density at radius 2 is 1.81 bits per heavy atom. The van der Waals surface area contributed by atoms with Crippen molar-refractivity contribution < 1.29 is 37.0 Å². The number of esters is 1. The highest BCUT2D eigenvalue weighted by atomic mass is 19.2. The number of rotatable bonds is 9. The summed E-state index contributed by atoms with van der Waals surface area (Å²) < 4.78 is 51.4. The molecule has 0 spiro atoms. The van der Waals surface area contributed by atoms with Crippen molar-refractivity contribution in [3.8, 4) is 6.07 Å². The van der Waals surface area contributed by atoms with Gasteiger partial charge in [0.15, 0.2) is 11.6 Å². The Morgan fingerprint density at radius 3 is 2.47 bits per heavy atom. The first-order chi connectivity index (χ1) is 20.7. The molecule has 0 saturated carbocycles. The molecule has 2 aliphatic rings. The normalized spacial score (nSPS) is 19.1. The zero-order valence-corrected chi connectivity index (χ0v) is 23.6. The smallest absolute Gasteiger partial charge is 0.352 e. The molecule has 0 bridgehead atoms. The number of imide groups is 1. The summed E-state index contributed by atoms with van der Waals surface area (Å²) in [5.41, 5.74) is 0.926. The van der Waals surface area contributed by atoms with E-state index in [1.165, 1.54) is 25.3 Å². The third-order valence-electron chi connectivity index (χ3n) is 7.40. The number of aliphatic imine (C=N–C) groups is 1. The van der Waals surface area contributed by atoms with Crippen LogP contribution in [0.15, 0.2) is 41.4 Å². The maximum atomic E-state index is 14.2. The minimum absolute atomic E-state index is 0.00750. The average molecular weight is 601 g/mol. The van der Waals surface area contributed by atoms with Gasteiger partial charge >= 0.3 is 18.0 Å². The minimum Gasteiger partial charge on any atom is -0.468 e. The van der Waals surface area contributed by atoms with Gasteiger partial charge in [-0.3, -0.25) is 4.79 Å². The summed E-state index contributed by atoms with van der Waals surface area (Å²) in [6.45, 7) is 1.48. The van der Waals surface area contributed by atoms with Gasteiger partial charge in [0, 0.05) is 39.3 Å². The van der Waals surface area contributed by atoms with Crippen molar-refractivity contribution in [2.24, 2.45) is 10.9 Å². The number of amides is 4. The number of ether oxygens (including phenoxy) is 2. The van der Waals surface area contributed by atoms with Crippen molar-refractivity contribution in [2.75, 3.05) is 51.9 Å². The quantitative estimate of drug-likeness (QED) is 0.331. The maximum Gasteiger partial charge on any atom is 0.352 e. The fourth-order valence-electron chi connectivity index (χ4n) is 5.34. The Kier molecular flexibility index (Phi) is 10.3. The highest BCUT2D eigenvalue weighted by Gasteiger charge is 2.47. The predicted octanol–water partition coefficient (Wildman–Crippen LogP) is 3.30. The van der Waals surface area contributed by atoms with Crippen LogP contribution in [-0.4, -0.2) is 81.7 Å². The molecule has 2 heterocycles. The average Bonchev–Trinajstić information content (AvgIpc) is 3.00. The summed E-state index contributed by atoms with van der Waals surface area (Å²) >= 11 is 0. The highest BCUT2D eigenvalue weighted by Crippen LogP contribution is 2.36. The van der Waals surface area contributed by atoms with Crippen LogP contribution in [0, 0.1) is 34.7 Å². The second kappa shape index (κ2) is 14.1. The molecule has 0 aromatic heterocycles. The van der Waals surface area contributed by atoms with Gasteiger partial charge in [0.25, 0.3) is 0 Å². The van der Waals surface area contributed by atoms with E-state index in [0.29, 0.717) is 30.2 Å². The van der Waals surface area contributed by atoms with E-state index in [-0.39, 0.29) is 36.0 Å². The largest absolute Gasteiger partial charge is 0.468 e. The van der Waals surface area contributed by atoms with Gasteiger partial charge < -0.3 is 25.0 Å². The number of carbonyl (C=O) groups is 3. The molecule has 2 aromatic rings. The lowest BCUT2D eigenvalue weighted by molar-refractivity contribution is -0.144. The van der Waals surface area contributed by atoms with Crippen LogP contribution >= 0.6 is 0 Å². The number of hydrogen-bond donors (Lipinski definition) is 2. The Hall–Kier alpha value is -4.48. The summed E-state index contributed by atoms with van der Waals surface area (Å²) in [6, 6.07) is 5.85. The molecule has 228 valence electrons. The van der Waals surface area contributed by atoms with Crippen LogP contribution in [0.4, 0.5) is 28.4 Å². The summed E-state index contributed by atoms with van der Waals surface area (Å²) in [6.07, 6.45) is 1.47. The Balaban J connectivity index is 1.40. The SMILES string of the molecule is COCC1=NC(=O)N(C(=O)NCCNC2CCN(c3ccc(F)cc3C#N)CC2)C(c2ccc(F)c(F)c2)C1C(=O)OC. The van der Waals surface area contributed by atoms with Crippen molar-refractivity contribution >= 4 is 29.4 Å². The van der Waals surface area contributed by atoms with Gasteiger partial charge in [-0.2, -0.15) is 10.3 Å². The second-order valence-corrected chi connectivity index (χ2v) is 10.0. The number of urea groups is 2. The van der Waals surface area contributed by atoms with Crippen molar-refractivity contribution in [1.29, 1.82) is 5.26 Å². The standard InChI is InChI=1S/C29H31F3N6O5/c1-42-16-23-25(27(39)43-2)26(17-3-5-21(31)22(32)14-17)38(29(41)36-23)28(40)35-10-9-34-20-7-11-37(12-8-20)24-6-4-19(30)13-18(24)15-33/h3-6,13-14,20,25-26,34H,7-12,16H2,1-2H3,(H,35,40). The number of piperidine rings is 1. The third kappa shape index (κ3) is 7.12. The third-order valence-corrected chi connectivity index (χ3v) is 7.40. The minimum atomic E-state index is -1.38. The fraction of sp³-hybridized carbons (Fsp3) is 0.414. The predicted molar refractivity (Wildman–Crippen MR) is 149 cm³/mol. The van der Waals surface area contributed by atoms with Gasteiger partial charge in [-0.05, 0) is 48.7 Å². The lowest BCUT2D eigenvalue weighted by Crippen LogP contribution is -2.54. The molecule has 11 nitrogen and oxygen atoms in total. The van der Waals surface area contributed by atoms with Gasteiger partial charge in [0.05, 0.1) is 36.7 Å². The number of anilines is 1. The molecule has 1 fully saturated rings. The molecular weight excluding hydrogens is 569 g/mol. The molecule has 2 atom stereocenters. The molecule has 4 rings (SSSR count). The molecule has 0 aliphatic carbocycles. The Bertz CT molecular complexity index is 1440. The van der Waals surface area contributed by atoms with E-state index >= 15 is 0 Å². The first kappa shape index (κ1) is 31.5. The number of halogens is 3. The van der Waals surface area contributed by atoms with E-state index < -0.39 is 47.4 Å². The molecular formula is C29H31F3N6O5. The van der Waals surface area contributed by atoms with Gasteiger partial charge in [0.2, 0.25) is 0 Å². The lowest BCUT2D eigenvalue weighted by atomic mass is 9.86. The maximum absolute atomic E-state index is 14.2. The first-order valence-electron chi connectivity index (χ1n) is 13.6. The van der Waals surface area contributed by atoms with Crippen LogP contribution in [-0.2, 0) is 14.3 Å². The number of carbonyl (C=O) groups excluding carboxylic acids is 3. The highest BCUT2D eigenvalue weighted by molar-refractivity contribution is 6.12. The van der Waals surface area contributed by atoms with E-state index in [2.05, 4.69) is 15.6 Å². The number of benzene rings is 2. The zero-order valence-electron chi connectivity index (χ0n) is 23.6. The lowest BCUT2D eigenvalue weighted by Gasteiger charge is -2.37. The molecule has 2 aromatic carbocycles. The second-order valence-electron chi connectivity index (χ2n) is 10.0. The van der Waals surface area contributed by atoms with E-state index in [4.69, 9.17) is 9.47 Å². The summed E-state index contributed by atoms with van der Waals surface area (Å²) in [4.78, 5) is 45.8. The monoisotopic (exact) mass is 600 g/mol. The topological polar surface area (TPSA) is 136 Å². The van der Waals surface area contributed by atoms with Gasteiger partial charge in [0.1, 0.15) is 17.8 Å². The molecule has 2 unspecified atom stereocenters. The summed E-state index contributed by atoms with van der Waals surface area (Å²) in [5.74, 6) is -4.98. The molecule has 2 aliphatic heterocycles. The van der Waals surface area contributed by atoms with Crippen LogP contribution in [0.2, 0.25) is 0 Å². The number of methoxy groups -OCH3 is 2. The first-order valence-corrected chi connectivity index (χ1v) is 13.6. The van der Waals surface area contributed by atoms with Crippen LogP contribution < -0.4 is 15.5 Å². The summed E-state index contributed by atoms with van der Waals surface area (Å²) in [7, 11) is 2.45. The molecule has 14 heteroatoms. The Labute approximate surface area is 246 Å². The van der Waals surface area contributed by atoms with Crippen molar-refractivity contribution in [2.45, 2.75) is 24.9 Å². The van der Waals surface area contributed by atoms with E-state index in [9.17, 15) is 32.8 Å². The van der Waals surface area contributed by atoms with E-state index in [1.807, 2.05) is 11.0 Å². The van der Waals surface area contributed by atoms with Crippen LogP contribution in [0.3, 0.4) is 0 Å². The van der Waals surface area contributed by atoms with Crippen LogP contribution in [0.25, 0.3) is 0 Å². The van der Waals surface area contributed by atoms with Crippen LogP contribution in [0.5, 0.6) is 0 Å². The summed E-state index contributed by atoms with van der Waals surface area (Å²) in [5, 5.41) is 15.3. The van der Waals surface area contributed by atoms with Crippen molar-refractivity contribution in [3.63, 3.8) is 0 Å². The number of nitrogens with one attached hydrogen (secondary N) is 2. The number of nitriles is 1. The number of hydrogen-bond acceptors (Lipinski definition) is 8. The molecule has 2 N–H and O–H groups in total. The molecule has 0 radical (unpaired) electrons. The van der Waals surface area contributed by atoms with Crippen LogP contribution in [0.1, 0.15) is 30.0 Å². The molecule has 43 heavy (non-hydrogen) atoms. The van der Waals surface area contributed by atoms with E-state index in [0.717, 1.165) is 32.1 Å². The van der Waals surface area contributed by atoms with Crippen molar-refractivity contribution in [1.82, 2.24) is 15.5 Å². The molecule has 1 saturated heterocycles. The Morgan fingerprint density at radius 1 is 1.07 bits per heavy atom. The van der Waals surface area contributed by atoms with E-state index in [1.54, 1.807) is 6.07 Å². The van der Waals surface area contributed by atoms with Gasteiger partial charge in [-0.1, -0.05) is 6.07 Å². The zero-order chi connectivity index (χ0) is 31.1. The van der Waals surface area contributed by atoms with Gasteiger partial charge in [-0.15, -0.1) is 0 Å². The van der Waals surface area contributed by atoms with Crippen molar-refractivity contribution in [3.05, 3.63) is 65.0 Å². The van der Waals surface area contributed by atoms with Gasteiger partial charge in [-0.25, -0.2) is 27.7 Å². The fourth-order valence-corrected chi connectivity index (χ4v) is 5.34. The molecule has 4 amide bonds. The number of nitrogens with zero attached hydrogens (tertiary/aromatic N) is 4.